The molecule has 18 N–H and O–H groups in total. The largest absolute Gasteiger partial charge is 0.477 e. The fraction of sp³-hybridized carbons (Fsp3) is 0.861. The average molecular weight is 966 g/mol. The highest BCUT2D eigenvalue weighted by molar-refractivity contribution is 5.77. The van der Waals surface area contributed by atoms with Gasteiger partial charge in [0.05, 0.1) is 50.7 Å². The monoisotopic (exact) mass is 965 g/mol. The number of carboxylic acid groups (broad SMARTS) is 2. The molecule has 3 amide bonds. The van der Waals surface area contributed by atoms with Gasteiger partial charge in [-0.25, -0.2) is 9.59 Å². The van der Waals surface area contributed by atoms with Crippen molar-refractivity contribution >= 4 is 29.7 Å². The molecular weight excluding hydrogens is 906 g/mol. The molecule has 4 heterocycles. The Hall–Kier alpha value is -3.45. The van der Waals surface area contributed by atoms with Crippen molar-refractivity contribution < 1.29 is 134 Å². The van der Waals surface area contributed by atoms with Gasteiger partial charge in [0.2, 0.25) is 17.7 Å². The molecule has 0 aliphatic carbocycles. The Labute approximate surface area is 373 Å². The Morgan fingerprint density at radius 2 is 1.08 bits per heavy atom. The van der Waals surface area contributed by atoms with Crippen molar-refractivity contribution in [3.63, 3.8) is 0 Å². The Morgan fingerprint density at radius 3 is 1.52 bits per heavy atom. The molecule has 0 spiro atoms. The molecule has 0 aromatic heterocycles. The van der Waals surface area contributed by atoms with Crippen LogP contribution in [0.4, 0.5) is 0 Å². The SMILES string of the molecule is CC(=O)N[C@H]1[C@H]([C@H](O)[C@H](O)CO)O[C@@](OC[C@H]2OC(O)[C@H](NC(C)=O)[C@@H](O[C@@H]3O[C@H](CO)[C@H](O)[C@H](O)[C@H]3O[C@]3(C(=O)O)C[C@H](O)[C@@H](NC(C)=O)[C@H]([C@H](O)[C@H](O)CO)O3)[C@H]2O)(C(=O)O)C[C@@H]1O. The van der Waals surface area contributed by atoms with Crippen LogP contribution in [0.5, 0.6) is 0 Å². The molecule has 22 atom stereocenters. The minimum absolute atomic E-state index is 0.796. The fourth-order valence-corrected chi connectivity index (χ4v) is 8.03. The number of carbonyl (C=O) groups is 5. The first-order valence-corrected chi connectivity index (χ1v) is 20.3. The molecule has 4 rings (SSSR count). The summed E-state index contributed by atoms with van der Waals surface area (Å²) in [4.78, 5) is 62.1. The van der Waals surface area contributed by atoms with Crippen LogP contribution < -0.4 is 16.0 Å². The summed E-state index contributed by atoms with van der Waals surface area (Å²) in [5.74, 6) is -12.9. The molecule has 4 aliphatic rings. The van der Waals surface area contributed by atoms with E-state index in [0.29, 0.717) is 0 Å². The van der Waals surface area contributed by atoms with Crippen LogP contribution in [0.2, 0.25) is 0 Å². The maximum atomic E-state index is 13.0. The number of aliphatic hydroxyl groups excluding tert-OH is 13. The number of aliphatic hydroxyl groups is 13. The Bertz CT molecular complexity index is 1680. The molecule has 4 fully saturated rings. The summed E-state index contributed by atoms with van der Waals surface area (Å²) in [5.41, 5.74) is 0. The van der Waals surface area contributed by atoms with Crippen LogP contribution in [0.25, 0.3) is 0 Å². The van der Waals surface area contributed by atoms with Crippen molar-refractivity contribution in [2.75, 3.05) is 26.4 Å². The summed E-state index contributed by atoms with van der Waals surface area (Å²) in [7, 11) is 0. The molecule has 30 heteroatoms. The van der Waals surface area contributed by atoms with E-state index in [2.05, 4.69) is 16.0 Å². The van der Waals surface area contributed by atoms with Gasteiger partial charge in [0, 0.05) is 33.6 Å². The van der Waals surface area contributed by atoms with Crippen LogP contribution in [0, 0.1) is 0 Å². The first-order chi connectivity index (χ1) is 30.8. The number of amides is 3. The molecule has 4 saturated heterocycles. The van der Waals surface area contributed by atoms with E-state index in [4.69, 9.17) is 33.2 Å². The molecule has 30 nitrogen and oxygen atoms in total. The fourth-order valence-electron chi connectivity index (χ4n) is 8.03. The zero-order valence-corrected chi connectivity index (χ0v) is 35.4. The summed E-state index contributed by atoms with van der Waals surface area (Å²) >= 11 is 0. The topological polar surface area (TPSA) is 490 Å². The number of carbonyl (C=O) groups excluding carboxylic acids is 3. The summed E-state index contributed by atoms with van der Waals surface area (Å²) in [6, 6.07) is -5.15. The van der Waals surface area contributed by atoms with Crippen LogP contribution in [-0.2, 0) is 57.1 Å². The van der Waals surface area contributed by atoms with Crippen molar-refractivity contribution in [3.8, 4) is 0 Å². The number of carboxylic acids is 2. The summed E-state index contributed by atoms with van der Waals surface area (Å²) in [6.07, 6.45) is -38.3. The van der Waals surface area contributed by atoms with Crippen molar-refractivity contribution in [2.45, 2.75) is 167 Å². The van der Waals surface area contributed by atoms with Crippen LogP contribution in [-0.4, -0.2) is 267 Å². The Kier molecular flexibility index (Phi) is 19.0. The maximum absolute atomic E-state index is 13.0. The Balaban J connectivity index is 1.72. The molecule has 0 saturated carbocycles. The van der Waals surface area contributed by atoms with Gasteiger partial charge in [0.25, 0.3) is 11.6 Å². The van der Waals surface area contributed by atoms with Crippen molar-refractivity contribution in [2.24, 2.45) is 0 Å². The van der Waals surface area contributed by atoms with E-state index in [1.165, 1.54) is 0 Å². The maximum Gasteiger partial charge on any atom is 0.364 e. The Morgan fingerprint density at radius 1 is 0.621 bits per heavy atom. The summed E-state index contributed by atoms with van der Waals surface area (Å²) < 4.78 is 39.5. The van der Waals surface area contributed by atoms with E-state index in [-0.39, 0.29) is 0 Å². The molecular formula is C36H59N3O27. The highest BCUT2D eigenvalue weighted by atomic mass is 16.8. The lowest BCUT2D eigenvalue weighted by Crippen LogP contribution is -2.71. The van der Waals surface area contributed by atoms with Crippen LogP contribution in [0.15, 0.2) is 0 Å². The second-order valence-electron chi connectivity index (χ2n) is 16.2. The molecule has 0 aromatic carbocycles. The van der Waals surface area contributed by atoms with Crippen molar-refractivity contribution in [1.29, 1.82) is 0 Å². The molecule has 380 valence electrons. The third-order valence-corrected chi connectivity index (χ3v) is 11.4. The molecule has 1 unspecified atom stereocenters. The third kappa shape index (κ3) is 12.0. The average Bonchev–Trinajstić information content (AvgIpc) is 3.24. The zero-order valence-electron chi connectivity index (χ0n) is 35.4. The lowest BCUT2D eigenvalue weighted by atomic mass is 9.88. The molecule has 0 aromatic rings. The zero-order chi connectivity index (χ0) is 49.7. The van der Waals surface area contributed by atoms with E-state index in [0.717, 1.165) is 20.8 Å². The third-order valence-electron chi connectivity index (χ3n) is 11.4. The number of ether oxygens (including phenoxy) is 7. The second kappa shape index (κ2) is 22.8. The van der Waals surface area contributed by atoms with Crippen LogP contribution in [0.1, 0.15) is 33.6 Å². The number of hydrogen-bond donors (Lipinski definition) is 18. The summed E-state index contributed by atoms with van der Waals surface area (Å²) in [5, 5.41) is 166. The van der Waals surface area contributed by atoms with E-state index < -0.39 is 203 Å². The lowest BCUT2D eigenvalue weighted by Gasteiger charge is -2.51. The number of aliphatic carboxylic acids is 2. The molecule has 0 radical (unpaired) electrons. The van der Waals surface area contributed by atoms with Gasteiger partial charge in [0.15, 0.2) is 12.6 Å². The minimum Gasteiger partial charge on any atom is -0.477 e. The van der Waals surface area contributed by atoms with Gasteiger partial charge in [0.1, 0.15) is 85.4 Å². The van der Waals surface area contributed by atoms with Crippen molar-refractivity contribution in [1.82, 2.24) is 16.0 Å². The van der Waals surface area contributed by atoms with Gasteiger partial charge < -0.3 is 126 Å². The van der Waals surface area contributed by atoms with E-state index in [1.807, 2.05) is 0 Å². The smallest absolute Gasteiger partial charge is 0.364 e. The molecule has 66 heavy (non-hydrogen) atoms. The highest BCUT2D eigenvalue weighted by Crippen LogP contribution is 2.39. The number of rotatable bonds is 19. The molecule has 0 bridgehead atoms. The quantitative estimate of drug-likeness (QED) is 0.0571. The normalized spacial score (nSPS) is 41.4. The predicted molar refractivity (Wildman–Crippen MR) is 203 cm³/mol. The lowest BCUT2D eigenvalue weighted by molar-refractivity contribution is -0.391. The van der Waals surface area contributed by atoms with Gasteiger partial charge in [-0.3, -0.25) is 14.4 Å². The second-order valence-corrected chi connectivity index (χ2v) is 16.2. The van der Waals surface area contributed by atoms with Crippen LogP contribution >= 0.6 is 0 Å². The predicted octanol–water partition coefficient (Wildman–Crippen LogP) is -10.9. The first kappa shape index (κ1) is 55.1. The highest BCUT2D eigenvalue weighted by Gasteiger charge is 2.61. The molecule has 4 aliphatic heterocycles. The van der Waals surface area contributed by atoms with Gasteiger partial charge in [-0.1, -0.05) is 0 Å². The van der Waals surface area contributed by atoms with Crippen molar-refractivity contribution in [3.05, 3.63) is 0 Å². The summed E-state index contributed by atoms with van der Waals surface area (Å²) in [6.45, 7) is -1.55. The van der Waals surface area contributed by atoms with Gasteiger partial charge >= 0.3 is 11.9 Å². The van der Waals surface area contributed by atoms with E-state index in [9.17, 15) is 101 Å². The minimum atomic E-state index is -3.24. The van der Waals surface area contributed by atoms with E-state index >= 15 is 0 Å². The standard InChI is InChI=1S/C36H59N3O27/c1-10(43)37-19-13(46)4-35(33(56)57,64-28(19)22(50)15(48)6-40)60-9-18-25(53)27(21(31(55)61-18)39-12(3)45)63-32-30(26(54)24(52)17(8-42)62-32)66-36(34(58)59)5-14(47)20(38-11(2)44)29(65-36)23(51)16(49)7-41/h13-32,40-42,46-55H,4-9H2,1-3H3,(H,37,43)(H,38,44)(H,39,45)(H,56,57)(H,58,59)/t13-,14-,15+,16+,17+,18+,19+,20+,21+,22+,23+,24-,25-,26-,27+,28+,29+,30+,31?,32-,35+,36-/m0/s1. The number of nitrogens with one attached hydrogen (secondary N) is 3. The van der Waals surface area contributed by atoms with Gasteiger partial charge in [-0.15, -0.1) is 0 Å². The van der Waals surface area contributed by atoms with Gasteiger partial charge in [-0.2, -0.15) is 0 Å². The first-order valence-electron chi connectivity index (χ1n) is 20.3. The number of hydrogen-bond acceptors (Lipinski definition) is 25. The van der Waals surface area contributed by atoms with E-state index in [1.54, 1.807) is 0 Å². The van der Waals surface area contributed by atoms with Gasteiger partial charge in [-0.05, 0) is 0 Å². The van der Waals surface area contributed by atoms with Crippen LogP contribution in [0.3, 0.4) is 0 Å².